The third kappa shape index (κ3) is 2.48. The predicted molar refractivity (Wildman–Crippen MR) is 68.2 cm³/mol. The molecule has 17 heavy (non-hydrogen) atoms. The summed E-state index contributed by atoms with van der Waals surface area (Å²) < 4.78 is 18.6. The Bertz CT molecular complexity index is 484. The minimum atomic E-state index is -0.332. The normalized spacial score (nSPS) is 12.4. The molecule has 0 saturated carbocycles. The number of methoxy groups -OCH3 is 1. The first-order chi connectivity index (χ1) is 8.26. The fraction of sp³-hybridized carbons (Fsp3) is 0.231. The summed E-state index contributed by atoms with van der Waals surface area (Å²) in [6.07, 6.45) is 0. The zero-order chi connectivity index (χ0) is 12.3. The van der Waals surface area contributed by atoms with E-state index in [9.17, 15) is 4.39 Å². The Balaban J connectivity index is 2.35. The van der Waals surface area contributed by atoms with E-state index in [0.29, 0.717) is 0 Å². The lowest BCUT2D eigenvalue weighted by molar-refractivity contribution is 0.386. The van der Waals surface area contributed by atoms with Gasteiger partial charge in [0.2, 0.25) is 0 Å². The summed E-state index contributed by atoms with van der Waals surface area (Å²) in [7, 11) is 3.33. The fourth-order valence-corrected chi connectivity index (χ4v) is 2.65. The molecular weight excluding hydrogens is 237 g/mol. The minimum absolute atomic E-state index is 0.0235. The number of benzene rings is 1. The van der Waals surface area contributed by atoms with Gasteiger partial charge in [-0.15, -0.1) is 11.3 Å². The van der Waals surface area contributed by atoms with E-state index >= 15 is 0 Å². The van der Waals surface area contributed by atoms with Gasteiger partial charge in [0.05, 0.1) is 13.2 Å². The van der Waals surface area contributed by atoms with E-state index in [-0.39, 0.29) is 17.6 Å². The average Bonchev–Trinajstić information content (AvgIpc) is 2.84. The lowest BCUT2D eigenvalue weighted by Crippen LogP contribution is -2.16. The second kappa shape index (κ2) is 5.29. The molecule has 0 aliphatic carbocycles. The number of rotatable bonds is 4. The van der Waals surface area contributed by atoms with Crippen molar-refractivity contribution in [3.8, 4) is 5.75 Å². The van der Waals surface area contributed by atoms with Crippen molar-refractivity contribution in [2.75, 3.05) is 14.2 Å². The molecule has 0 aliphatic heterocycles. The number of ether oxygens (including phenoxy) is 1. The highest BCUT2D eigenvalue weighted by molar-refractivity contribution is 7.10. The molecule has 0 aliphatic rings. The molecule has 0 spiro atoms. The fourth-order valence-electron chi connectivity index (χ4n) is 1.79. The Hall–Kier alpha value is -1.39. The summed E-state index contributed by atoms with van der Waals surface area (Å²) in [5.41, 5.74) is 0.897. The van der Waals surface area contributed by atoms with Crippen LogP contribution in [0, 0.1) is 5.82 Å². The molecule has 0 bridgehead atoms. The maximum absolute atomic E-state index is 13.6. The topological polar surface area (TPSA) is 21.3 Å². The van der Waals surface area contributed by atoms with Crippen molar-refractivity contribution in [2.45, 2.75) is 6.04 Å². The molecule has 1 heterocycles. The Kier molecular flexibility index (Phi) is 3.76. The molecule has 2 aromatic rings. The van der Waals surface area contributed by atoms with Crippen LogP contribution in [0.25, 0.3) is 0 Å². The molecule has 1 aromatic carbocycles. The van der Waals surface area contributed by atoms with Gasteiger partial charge in [0.25, 0.3) is 0 Å². The first-order valence-corrected chi connectivity index (χ1v) is 6.18. The SMILES string of the molecule is CNC(c1ccc(OC)c(F)c1)c1cccs1. The molecular formula is C13H14FNOS. The summed E-state index contributed by atoms with van der Waals surface area (Å²) in [6, 6.07) is 9.10. The molecule has 2 rings (SSSR count). The van der Waals surface area contributed by atoms with Crippen LogP contribution in [0.5, 0.6) is 5.75 Å². The van der Waals surface area contributed by atoms with Crippen LogP contribution in [0.1, 0.15) is 16.5 Å². The molecule has 0 fully saturated rings. The van der Waals surface area contributed by atoms with Gasteiger partial charge in [0.1, 0.15) is 0 Å². The molecule has 1 N–H and O–H groups in total. The molecule has 0 radical (unpaired) electrons. The third-order valence-corrected chi connectivity index (χ3v) is 3.56. The van der Waals surface area contributed by atoms with Crippen molar-refractivity contribution >= 4 is 11.3 Å². The number of thiophene rings is 1. The second-order valence-corrected chi connectivity index (χ2v) is 4.61. The Morgan fingerprint density at radius 1 is 1.35 bits per heavy atom. The lowest BCUT2D eigenvalue weighted by atomic mass is 10.1. The molecule has 1 unspecified atom stereocenters. The van der Waals surface area contributed by atoms with Gasteiger partial charge < -0.3 is 10.1 Å². The third-order valence-electron chi connectivity index (χ3n) is 2.63. The number of nitrogens with one attached hydrogen (secondary N) is 1. The largest absolute Gasteiger partial charge is 0.494 e. The second-order valence-electron chi connectivity index (χ2n) is 3.63. The number of hydrogen-bond acceptors (Lipinski definition) is 3. The first-order valence-electron chi connectivity index (χ1n) is 5.30. The zero-order valence-corrected chi connectivity index (χ0v) is 10.6. The standard InChI is InChI=1S/C13H14FNOS/c1-15-13(12-4-3-7-17-12)9-5-6-11(16-2)10(14)8-9/h3-8,13,15H,1-2H3. The van der Waals surface area contributed by atoms with E-state index in [1.54, 1.807) is 17.4 Å². The van der Waals surface area contributed by atoms with Crippen LogP contribution >= 0.6 is 11.3 Å². The highest BCUT2D eigenvalue weighted by Crippen LogP contribution is 2.28. The van der Waals surface area contributed by atoms with Crippen molar-refractivity contribution in [1.82, 2.24) is 5.32 Å². The molecule has 4 heteroatoms. The molecule has 1 aromatic heterocycles. The minimum Gasteiger partial charge on any atom is -0.494 e. The summed E-state index contributed by atoms with van der Waals surface area (Å²) >= 11 is 1.65. The van der Waals surface area contributed by atoms with E-state index < -0.39 is 0 Å². The van der Waals surface area contributed by atoms with Crippen molar-refractivity contribution < 1.29 is 9.13 Å². The van der Waals surface area contributed by atoms with E-state index in [4.69, 9.17) is 4.74 Å². The van der Waals surface area contributed by atoms with Gasteiger partial charge in [-0.3, -0.25) is 0 Å². The summed E-state index contributed by atoms with van der Waals surface area (Å²) in [6.45, 7) is 0. The number of halogens is 1. The summed E-state index contributed by atoms with van der Waals surface area (Å²) in [5.74, 6) is -0.0587. The first kappa shape index (κ1) is 12.1. The van der Waals surface area contributed by atoms with Crippen molar-refractivity contribution in [2.24, 2.45) is 0 Å². The molecule has 2 nitrogen and oxygen atoms in total. The molecule has 0 amide bonds. The lowest BCUT2D eigenvalue weighted by Gasteiger charge is -2.15. The van der Waals surface area contributed by atoms with Gasteiger partial charge in [0.15, 0.2) is 11.6 Å². The van der Waals surface area contributed by atoms with Crippen LogP contribution in [0.15, 0.2) is 35.7 Å². The smallest absolute Gasteiger partial charge is 0.165 e. The van der Waals surface area contributed by atoms with Crippen molar-refractivity contribution in [3.63, 3.8) is 0 Å². The van der Waals surface area contributed by atoms with Crippen LogP contribution in [0.3, 0.4) is 0 Å². The van der Waals surface area contributed by atoms with Crippen molar-refractivity contribution in [3.05, 3.63) is 52.0 Å². The van der Waals surface area contributed by atoms with Crippen LogP contribution < -0.4 is 10.1 Å². The highest BCUT2D eigenvalue weighted by atomic mass is 32.1. The van der Waals surface area contributed by atoms with Crippen molar-refractivity contribution in [1.29, 1.82) is 0 Å². The Labute approximate surface area is 104 Å². The van der Waals surface area contributed by atoms with E-state index in [1.807, 2.05) is 30.6 Å². The van der Waals surface area contributed by atoms with Gasteiger partial charge in [-0.05, 0) is 36.2 Å². The van der Waals surface area contributed by atoms with Crippen LogP contribution in [-0.2, 0) is 0 Å². The van der Waals surface area contributed by atoms with Crippen LogP contribution in [0.2, 0.25) is 0 Å². The summed E-state index contributed by atoms with van der Waals surface area (Å²) in [4.78, 5) is 1.16. The van der Waals surface area contributed by atoms with E-state index in [0.717, 1.165) is 10.4 Å². The molecule has 1 atom stereocenters. The van der Waals surface area contributed by atoms with E-state index in [1.165, 1.54) is 13.2 Å². The van der Waals surface area contributed by atoms with Gasteiger partial charge in [-0.25, -0.2) is 4.39 Å². The van der Waals surface area contributed by atoms with Gasteiger partial charge in [-0.1, -0.05) is 12.1 Å². The zero-order valence-electron chi connectivity index (χ0n) is 9.74. The molecule has 0 saturated heterocycles. The maximum Gasteiger partial charge on any atom is 0.165 e. The van der Waals surface area contributed by atoms with Crippen LogP contribution in [-0.4, -0.2) is 14.2 Å². The highest BCUT2D eigenvalue weighted by Gasteiger charge is 2.14. The van der Waals surface area contributed by atoms with Gasteiger partial charge >= 0.3 is 0 Å². The Morgan fingerprint density at radius 2 is 2.18 bits per heavy atom. The van der Waals surface area contributed by atoms with E-state index in [2.05, 4.69) is 5.32 Å². The maximum atomic E-state index is 13.6. The monoisotopic (exact) mass is 251 g/mol. The quantitative estimate of drug-likeness (QED) is 0.901. The Morgan fingerprint density at radius 3 is 2.71 bits per heavy atom. The van der Waals surface area contributed by atoms with Gasteiger partial charge in [-0.2, -0.15) is 0 Å². The predicted octanol–water partition coefficient (Wildman–Crippen LogP) is 3.20. The number of hydrogen-bond donors (Lipinski definition) is 1. The summed E-state index contributed by atoms with van der Waals surface area (Å²) in [5, 5.41) is 5.20. The molecule has 90 valence electrons. The average molecular weight is 251 g/mol. The van der Waals surface area contributed by atoms with Gasteiger partial charge in [0, 0.05) is 4.88 Å². The van der Waals surface area contributed by atoms with Crippen LogP contribution in [0.4, 0.5) is 4.39 Å².